The van der Waals surface area contributed by atoms with Crippen molar-refractivity contribution in [3.05, 3.63) is 11.1 Å². The topological polar surface area (TPSA) is 76.1 Å². The summed E-state index contributed by atoms with van der Waals surface area (Å²) in [6.45, 7) is 4.57. The van der Waals surface area contributed by atoms with Gasteiger partial charge in [0, 0.05) is 0 Å². The fourth-order valence-electron chi connectivity index (χ4n) is 1.76. The van der Waals surface area contributed by atoms with Crippen LogP contribution < -0.4 is 5.73 Å². The summed E-state index contributed by atoms with van der Waals surface area (Å²) in [5, 5.41) is 8.84. The summed E-state index contributed by atoms with van der Waals surface area (Å²) in [7, 11) is 0. The molecule has 15 heavy (non-hydrogen) atoms. The predicted octanol–water partition coefficient (Wildman–Crippen LogP) is 1.27. The Balaban J connectivity index is 2.97. The maximum atomic E-state index is 11.0. The maximum Gasteiger partial charge on any atom is 0.259 e. The van der Waals surface area contributed by atoms with E-state index >= 15 is 0 Å². The number of carbonyl (C=O) groups excluding carboxylic acids is 1. The van der Waals surface area contributed by atoms with Crippen LogP contribution in [0.2, 0.25) is 0 Å². The molecule has 0 aromatic heterocycles. The van der Waals surface area contributed by atoms with E-state index in [4.69, 9.17) is 15.7 Å². The number of carbonyl (C=O) groups is 1. The zero-order valence-corrected chi connectivity index (χ0v) is 9.17. The lowest BCUT2D eigenvalue weighted by atomic mass is 9.87. The minimum absolute atomic E-state index is 0.109. The molecule has 4 heteroatoms. The molecule has 2 N–H and O–H groups in total. The second-order valence-electron chi connectivity index (χ2n) is 4.03. The van der Waals surface area contributed by atoms with E-state index in [1.165, 1.54) is 0 Å². The first-order chi connectivity index (χ1) is 7.02. The summed E-state index contributed by atoms with van der Waals surface area (Å²) in [5.74, 6) is -0.632. The molecule has 1 heterocycles. The molecule has 1 fully saturated rings. The van der Waals surface area contributed by atoms with Gasteiger partial charge in [-0.2, -0.15) is 5.26 Å². The number of nitrogens with zero attached hydrogens (tertiary/aromatic N) is 1. The minimum atomic E-state index is -0.632. The molecule has 0 saturated carbocycles. The Hall–Kier alpha value is -1.34. The van der Waals surface area contributed by atoms with Crippen LogP contribution in [0.15, 0.2) is 11.1 Å². The van der Waals surface area contributed by atoms with Crippen LogP contribution in [0.3, 0.4) is 0 Å². The molecule has 0 radical (unpaired) electrons. The van der Waals surface area contributed by atoms with E-state index in [1.54, 1.807) is 0 Å². The first-order valence-corrected chi connectivity index (χ1v) is 5.08. The second kappa shape index (κ2) is 4.45. The van der Waals surface area contributed by atoms with Crippen molar-refractivity contribution in [1.82, 2.24) is 0 Å². The van der Waals surface area contributed by atoms with Gasteiger partial charge < -0.3 is 10.5 Å². The van der Waals surface area contributed by atoms with Crippen LogP contribution in [0, 0.1) is 11.3 Å². The standard InChI is InChI=1S/C11H16N2O2/c1-3-11(2)6-8(4-5-15-11)9(7-12)10(13)14/h3-6H2,1-2H3,(H2,13,14)/b9-8-. The van der Waals surface area contributed by atoms with Gasteiger partial charge in [-0.1, -0.05) is 6.92 Å². The lowest BCUT2D eigenvalue weighted by Crippen LogP contribution is -2.34. The Morgan fingerprint density at radius 2 is 2.40 bits per heavy atom. The third-order valence-corrected chi connectivity index (χ3v) is 2.90. The SMILES string of the molecule is CCC1(C)C/C(=C(/C#N)C(N)=O)CCO1. The van der Waals surface area contributed by atoms with Gasteiger partial charge in [0.25, 0.3) is 5.91 Å². The molecular formula is C11H16N2O2. The number of ether oxygens (including phenoxy) is 1. The molecule has 4 nitrogen and oxygen atoms in total. The van der Waals surface area contributed by atoms with E-state index in [9.17, 15) is 4.79 Å². The first-order valence-electron chi connectivity index (χ1n) is 5.08. The average Bonchev–Trinajstić information content (AvgIpc) is 2.18. The van der Waals surface area contributed by atoms with Crippen molar-refractivity contribution in [3.63, 3.8) is 0 Å². The molecule has 1 rings (SSSR count). The molecule has 1 saturated heterocycles. The van der Waals surface area contributed by atoms with E-state index in [0.717, 1.165) is 12.0 Å². The quantitative estimate of drug-likeness (QED) is 0.548. The molecule has 1 amide bonds. The monoisotopic (exact) mass is 208 g/mol. The van der Waals surface area contributed by atoms with Gasteiger partial charge in [0.05, 0.1) is 12.2 Å². The van der Waals surface area contributed by atoms with E-state index in [0.29, 0.717) is 19.4 Å². The van der Waals surface area contributed by atoms with Crippen LogP contribution in [0.1, 0.15) is 33.1 Å². The fraction of sp³-hybridized carbons (Fsp3) is 0.636. The van der Waals surface area contributed by atoms with Crippen molar-refractivity contribution in [2.24, 2.45) is 5.73 Å². The second-order valence-corrected chi connectivity index (χ2v) is 4.03. The molecule has 1 aliphatic heterocycles. The smallest absolute Gasteiger partial charge is 0.259 e. The van der Waals surface area contributed by atoms with Gasteiger partial charge in [0.2, 0.25) is 0 Å². The Morgan fingerprint density at radius 1 is 1.73 bits per heavy atom. The van der Waals surface area contributed by atoms with E-state index < -0.39 is 5.91 Å². The highest BCUT2D eigenvalue weighted by Gasteiger charge is 2.30. The van der Waals surface area contributed by atoms with Gasteiger partial charge >= 0.3 is 0 Å². The molecule has 1 unspecified atom stereocenters. The third kappa shape index (κ3) is 2.57. The summed E-state index contributed by atoms with van der Waals surface area (Å²) in [6, 6.07) is 1.88. The maximum absolute atomic E-state index is 11.0. The normalized spacial score (nSPS) is 29.4. The van der Waals surface area contributed by atoms with Crippen molar-refractivity contribution < 1.29 is 9.53 Å². The molecular weight excluding hydrogens is 192 g/mol. The number of amides is 1. The zero-order valence-electron chi connectivity index (χ0n) is 9.17. The number of primary amides is 1. The molecule has 1 atom stereocenters. The van der Waals surface area contributed by atoms with Crippen molar-refractivity contribution >= 4 is 5.91 Å². The van der Waals surface area contributed by atoms with E-state index in [-0.39, 0.29) is 11.2 Å². The Labute approximate surface area is 89.7 Å². The number of hydrogen-bond donors (Lipinski definition) is 1. The van der Waals surface area contributed by atoms with Gasteiger partial charge in [0.1, 0.15) is 11.6 Å². The summed E-state index contributed by atoms with van der Waals surface area (Å²) in [5.41, 5.74) is 5.83. The average molecular weight is 208 g/mol. The van der Waals surface area contributed by atoms with Gasteiger partial charge in [0.15, 0.2) is 0 Å². The van der Waals surface area contributed by atoms with E-state index in [2.05, 4.69) is 0 Å². The summed E-state index contributed by atoms with van der Waals surface area (Å²) in [6.07, 6.45) is 2.10. The van der Waals surface area contributed by atoms with Crippen LogP contribution in [0.25, 0.3) is 0 Å². The molecule has 82 valence electrons. The van der Waals surface area contributed by atoms with Gasteiger partial charge in [-0.15, -0.1) is 0 Å². The molecule has 0 aromatic rings. The van der Waals surface area contributed by atoms with Crippen molar-refractivity contribution in [2.75, 3.05) is 6.61 Å². The van der Waals surface area contributed by atoms with Crippen molar-refractivity contribution in [2.45, 2.75) is 38.7 Å². The summed E-state index contributed by atoms with van der Waals surface area (Å²) in [4.78, 5) is 11.0. The predicted molar refractivity (Wildman–Crippen MR) is 55.7 cm³/mol. The third-order valence-electron chi connectivity index (χ3n) is 2.90. The van der Waals surface area contributed by atoms with Crippen molar-refractivity contribution in [1.29, 1.82) is 5.26 Å². The molecule has 0 aliphatic carbocycles. The number of hydrogen-bond acceptors (Lipinski definition) is 3. The minimum Gasteiger partial charge on any atom is -0.375 e. The molecule has 0 spiro atoms. The summed E-state index contributed by atoms with van der Waals surface area (Å²) < 4.78 is 5.62. The number of nitrogens with two attached hydrogens (primary N) is 1. The highest BCUT2D eigenvalue weighted by Crippen LogP contribution is 2.32. The van der Waals surface area contributed by atoms with Crippen LogP contribution in [-0.2, 0) is 9.53 Å². The molecule has 0 bridgehead atoms. The first kappa shape index (κ1) is 11.7. The van der Waals surface area contributed by atoms with Crippen LogP contribution in [0.5, 0.6) is 0 Å². The van der Waals surface area contributed by atoms with Crippen molar-refractivity contribution in [3.8, 4) is 6.07 Å². The molecule has 1 aliphatic rings. The Bertz CT molecular complexity index is 341. The largest absolute Gasteiger partial charge is 0.375 e. The number of rotatable bonds is 2. The Kier molecular flexibility index (Phi) is 3.48. The van der Waals surface area contributed by atoms with Gasteiger partial charge in [-0.25, -0.2) is 0 Å². The van der Waals surface area contributed by atoms with Crippen LogP contribution >= 0.6 is 0 Å². The number of nitriles is 1. The van der Waals surface area contributed by atoms with Crippen LogP contribution in [0.4, 0.5) is 0 Å². The van der Waals surface area contributed by atoms with Gasteiger partial charge in [-0.05, 0) is 31.8 Å². The zero-order chi connectivity index (χ0) is 11.5. The van der Waals surface area contributed by atoms with E-state index in [1.807, 2.05) is 19.9 Å². The molecule has 0 aromatic carbocycles. The Morgan fingerprint density at radius 3 is 2.87 bits per heavy atom. The van der Waals surface area contributed by atoms with Crippen LogP contribution in [-0.4, -0.2) is 18.1 Å². The fourth-order valence-corrected chi connectivity index (χ4v) is 1.76. The highest BCUT2D eigenvalue weighted by atomic mass is 16.5. The lowest BCUT2D eigenvalue weighted by Gasteiger charge is -2.34. The van der Waals surface area contributed by atoms with Gasteiger partial charge in [-0.3, -0.25) is 4.79 Å². The highest BCUT2D eigenvalue weighted by molar-refractivity contribution is 5.96. The lowest BCUT2D eigenvalue weighted by molar-refractivity contribution is -0.114. The summed E-state index contributed by atoms with van der Waals surface area (Å²) >= 11 is 0.